The fourth-order valence-electron chi connectivity index (χ4n) is 3.31. The van der Waals surface area contributed by atoms with Gasteiger partial charge in [0.15, 0.2) is 0 Å². The Labute approximate surface area is 159 Å². The number of hydrogen-bond acceptors (Lipinski definition) is 3. The van der Waals surface area contributed by atoms with Gasteiger partial charge in [0.05, 0.1) is 13.4 Å². The highest BCUT2D eigenvalue weighted by Crippen LogP contribution is 2.40. The van der Waals surface area contributed by atoms with Gasteiger partial charge in [0, 0.05) is 34.2 Å². The van der Waals surface area contributed by atoms with Gasteiger partial charge < -0.3 is 14.5 Å². The quantitative estimate of drug-likeness (QED) is 0.622. The molecule has 0 saturated carbocycles. The number of nitrogens with one attached hydrogen (secondary N) is 1. The van der Waals surface area contributed by atoms with Crippen LogP contribution < -0.4 is 10.1 Å². The van der Waals surface area contributed by atoms with Gasteiger partial charge >= 0.3 is 0 Å². The molecule has 0 aliphatic heterocycles. The van der Waals surface area contributed by atoms with E-state index in [9.17, 15) is 4.79 Å². The zero-order chi connectivity index (χ0) is 19.6. The highest BCUT2D eigenvalue weighted by molar-refractivity contribution is 6.01. The van der Waals surface area contributed by atoms with Gasteiger partial charge in [-0.25, -0.2) is 0 Å². The van der Waals surface area contributed by atoms with Crippen LogP contribution in [0.25, 0.3) is 27.7 Å². The van der Waals surface area contributed by atoms with E-state index in [1.165, 1.54) is 0 Å². The second kappa shape index (κ2) is 7.70. The van der Waals surface area contributed by atoms with Gasteiger partial charge in [-0.2, -0.15) is 0 Å². The van der Waals surface area contributed by atoms with Crippen LogP contribution in [0, 0.1) is 6.92 Å². The number of methoxy groups -OCH3 is 1. The van der Waals surface area contributed by atoms with Crippen molar-refractivity contribution in [1.82, 2.24) is 5.32 Å². The molecule has 0 aliphatic carbocycles. The Morgan fingerprint density at radius 1 is 1.22 bits per heavy atom. The third-order valence-corrected chi connectivity index (χ3v) is 4.54. The average Bonchev–Trinajstić information content (AvgIpc) is 3.05. The number of hydrogen-bond donors (Lipinski definition) is 1. The molecular formula is C23H25NO3. The standard InChI is InChI=1S/C23H25NO3/c1-14(2)24-21(25)11-15(3)18-12-19-20(17-9-7-6-8-10-17)13-27-23(19)16(4)22(18)26-5/h6-14H,1-5H3,(H,24,25)/b15-11+. The van der Waals surface area contributed by atoms with Gasteiger partial charge in [0.1, 0.15) is 11.3 Å². The first-order valence-corrected chi connectivity index (χ1v) is 9.05. The summed E-state index contributed by atoms with van der Waals surface area (Å²) < 4.78 is 11.5. The summed E-state index contributed by atoms with van der Waals surface area (Å²) in [7, 11) is 1.64. The van der Waals surface area contributed by atoms with Crippen LogP contribution in [0.15, 0.2) is 53.2 Å². The first-order valence-electron chi connectivity index (χ1n) is 9.05. The summed E-state index contributed by atoms with van der Waals surface area (Å²) in [6, 6.07) is 12.3. The van der Waals surface area contributed by atoms with Gasteiger partial charge in [-0.3, -0.25) is 4.79 Å². The zero-order valence-electron chi connectivity index (χ0n) is 16.4. The number of carbonyl (C=O) groups is 1. The monoisotopic (exact) mass is 363 g/mol. The maximum atomic E-state index is 12.2. The van der Waals surface area contributed by atoms with E-state index >= 15 is 0 Å². The van der Waals surface area contributed by atoms with Crippen LogP contribution in [0.4, 0.5) is 0 Å². The van der Waals surface area contributed by atoms with Crippen molar-refractivity contribution in [2.75, 3.05) is 7.11 Å². The van der Waals surface area contributed by atoms with E-state index in [1.807, 2.05) is 52.0 Å². The van der Waals surface area contributed by atoms with Crippen LogP contribution in [0.1, 0.15) is 31.9 Å². The summed E-state index contributed by atoms with van der Waals surface area (Å²) in [4.78, 5) is 12.2. The molecular weight excluding hydrogens is 338 g/mol. The number of furan rings is 1. The van der Waals surface area contributed by atoms with Crippen LogP contribution in [-0.4, -0.2) is 19.1 Å². The number of aryl methyl sites for hydroxylation is 1. The van der Waals surface area contributed by atoms with Crippen molar-refractivity contribution >= 4 is 22.4 Å². The molecule has 140 valence electrons. The van der Waals surface area contributed by atoms with Gasteiger partial charge in [0.2, 0.25) is 5.91 Å². The van der Waals surface area contributed by atoms with Gasteiger partial charge in [-0.15, -0.1) is 0 Å². The van der Waals surface area contributed by atoms with Gasteiger partial charge in [0.25, 0.3) is 0 Å². The largest absolute Gasteiger partial charge is 0.496 e. The summed E-state index contributed by atoms with van der Waals surface area (Å²) in [6.45, 7) is 7.78. The molecule has 0 fully saturated rings. The van der Waals surface area contributed by atoms with Crippen molar-refractivity contribution in [2.45, 2.75) is 33.7 Å². The lowest BCUT2D eigenvalue weighted by molar-refractivity contribution is -0.116. The smallest absolute Gasteiger partial charge is 0.244 e. The van der Waals surface area contributed by atoms with Crippen LogP contribution in [-0.2, 0) is 4.79 Å². The zero-order valence-corrected chi connectivity index (χ0v) is 16.4. The summed E-state index contributed by atoms with van der Waals surface area (Å²) in [6.07, 6.45) is 3.39. The topological polar surface area (TPSA) is 51.5 Å². The number of benzene rings is 2. The Bertz CT molecular complexity index is 997. The van der Waals surface area contributed by atoms with Crippen molar-refractivity contribution in [2.24, 2.45) is 0 Å². The Morgan fingerprint density at radius 3 is 2.56 bits per heavy atom. The van der Waals surface area contributed by atoms with Crippen LogP contribution in [0.3, 0.4) is 0 Å². The summed E-state index contributed by atoms with van der Waals surface area (Å²) >= 11 is 0. The molecule has 1 aromatic heterocycles. The molecule has 2 aromatic carbocycles. The molecule has 0 bridgehead atoms. The highest BCUT2D eigenvalue weighted by atomic mass is 16.5. The molecule has 1 heterocycles. The summed E-state index contributed by atoms with van der Waals surface area (Å²) in [5.74, 6) is 0.611. The van der Waals surface area contributed by atoms with E-state index in [-0.39, 0.29) is 11.9 Å². The summed E-state index contributed by atoms with van der Waals surface area (Å²) in [5, 5.41) is 3.90. The lowest BCUT2D eigenvalue weighted by Gasteiger charge is -2.14. The predicted octanol–water partition coefficient (Wildman–Crippen LogP) is 5.34. The lowest BCUT2D eigenvalue weighted by atomic mass is 9.96. The van der Waals surface area contributed by atoms with Crippen molar-refractivity contribution in [1.29, 1.82) is 0 Å². The maximum absolute atomic E-state index is 12.2. The van der Waals surface area contributed by atoms with Crippen molar-refractivity contribution < 1.29 is 13.9 Å². The second-order valence-electron chi connectivity index (χ2n) is 6.97. The first-order chi connectivity index (χ1) is 12.9. The van der Waals surface area contributed by atoms with E-state index in [0.717, 1.165) is 44.5 Å². The van der Waals surface area contributed by atoms with E-state index in [0.29, 0.717) is 0 Å². The minimum atomic E-state index is -0.113. The number of fused-ring (bicyclic) bond motifs is 1. The van der Waals surface area contributed by atoms with Crippen molar-refractivity contribution in [3.63, 3.8) is 0 Å². The number of allylic oxidation sites excluding steroid dienone is 1. The SMILES string of the molecule is COc1c(/C(C)=C/C(=O)NC(C)C)cc2c(-c3ccccc3)coc2c1C. The number of carbonyl (C=O) groups excluding carboxylic acids is 1. The maximum Gasteiger partial charge on any atom is 0.244 e. The molecule has 0 spiro atoms. The van der Waals surface area contributed by atoms with Crippen LogP contribution >= 0.6 is 0 Å². The average molecular weight is 363 g/mol. The third-order valence-electron chi connectivity index (χ3n) is 4.54. The van der Waals surface area contributed by atoms with E-state index in [1.54, 1.807) is 19.4 Å². The van der Waals surface area contributed by atoms with E-state index in [2.05, 4.69) is 17.4 Å². The van der Waals surface area contributed by atoms with Gasteiger partial charge in [-0.05, 0) is 44.9 Å². The van der Waals surface area contributed by atoms with E-state index < -0.39 is 0 Å². The van der Waals surface area contributed by atoms with Crippen LogP contribution in [0.2, 0.25) is 0 Å². The van der Waals surface area contributed by atoms with Gasteiger partial charge in [-0.1, -0.05) is 30.3 Å². The molecule has 0 aliphatic rings. The Morgan fingerprint density at radius 2 is 1.93 bits per heavy atom. The Hall–Kier alpha value is -3.01. The molecule has 27 heavy (non-hydrogen) atoms. The molecule has 1 amide bonds. The summed E-state index contributed by atoms with van der Waals surface area (Å²) in [5.41, 5.74) is 5.57. The molecule has 4 heteroatoms. The molecule has 0 saturated heterocycles. The predicted molar refractivity (Wildman–Crippen MR) is 110 cm³/mol. The van der Waals surface area contributed by atoms with Crippen molar-refractivity contribution in [3.05, 3.63) is 59.9 Å². The number of rotatable bonds is 5. The molecule has 0 unspecified atom stereocenters. The number of amides is 1. The molecule has 4 nitrogen and oxygen atoms in total. The molecule has 0 atom stereocenters. The van der Waals surface area contributed by atoms with Crippen LogP contribution in [0.5, 0.6) is 5.75 Å². The normalized spacial score (nSPS) is 11.9. The highest BCUT2D eigenvalue weighted by Gasteiger charge is 2.18. The molecule has 0 radical (unpaired) electrons. The third kappa shape index (κ3) is 3.75. The molecule has 3 rings (SSSR count). The minimum Gasteiger partial charge on any atom is -0.496 e. The molecule has 1 N–H and O–H groups in total. The molecule has 3 aromatic rings. The Balaban J connectivity index is 2.17. The fourth-order valence-corrected chi connectivity index (χ4v) is 3.31. The first kappa shape index (κ1) is 18.8. The minimum absolute atomic E-state index is 0.0891. The fraction of sp³-hybridized carbons (Fsp3) is 0.261. The lowest BCUT2D eigenvalue weighted by Crippen LogP contribution is -2.28. The van der Waals surface area contributed by atoms with Crippen molar-refractivity contribution in [3.8, 4) is 16.9 Å². The Kier molecular flexibility index (Phi) is 5.36. The second-order valence-corrected chi connectivity index (χ2v) is 6.97. The van der Waals surface area contributed by atoms with E-state index in [4.69, 9.17) is 9.15 Å². The number of ether oxygens (including phenoxy) is 1.